The summed E-state index contributed by atoms with van der Waals surface area (Å²) in [6.45, 7) is 0. The number of amides is 1. The topological polar surface area (TPSA) is 92.5 Å². The molecule has 0 saturated carbocycles. The van der Waals surface area contributed by atoms with Crippen molar-refractivity contribution in [1.82, 2.24) is 5.32 Å². The lowest BCUT2D eigenvalue weighted by Crippen LogP contribution is -2.30. The number of phenols is 1. The maximum Gasteiger partial charge on any atom is 0.310 e. The monoisotopic (exact) mass is 364 g/mol. The van der Waals surface area contributed by atoms with Gasteiger partial charge in [0, 0.05) is 27.3 Å². The number of benzene rings is 2. The van der Waals surface area contributed by atoms with Crippen molar-refractivity contribution < 1.29 is 14.8 Å². The second-order valence-corrected chi connectivity index (χ2v) is 6.88. The van der Waals surface area contributed by atoms with Gasteiger partial charge in [-0.3, -0.25) is 14.9 Å². The van der Waals surface area contributed by atoms with Gasteiger partial charge in [0.25, 0.3) is 5.91 Å². The molecule has 24 heavy (non-hydrogen) atoms. The van der Waals surface area contributed by atoms with E-state index >= 15 is 0 Å². The highest BCUT2D eigenvalue weighted by Gasteiger charge is 2.24. The van der Waals surface area contributed by atoms with Crippen LogP contribution in [0.4, 0.5) is 5.69 Å². The van der Waals surface area contributed by atoms with Crippen LogP contribution in [0.5, 0.6) is 5.75 Å². The maximum absolute atomic E-state index is 12.4. The molecule has 6 nitrogen and oxygen atoms in total. The number of aromatic hydroxyl groups is 1. The predicted octanol–water partition coefficient (Wildman–Crippen LogP) is 3.92. The van der Waals surface area contributed by atoms with Gasteiger partial charge in [0.2, 0.25) is 0 Å². The van der Waals surface area contributed by atoms with Gasteiger partial charge in [0.05, 0.1) is 11.0 Å². The highest BCUT2D eigenvalue weighted by Crippen LogP contribution is 2.37. The highest BCUT2D eigenvalue weighted by atomic mass is 35.5. The Morgan fingerprint density at radius 2 is 2.12 bits per heavy atom. The Bertz CT molecular complexity index is 828. The first kappa shape index (κ1) is 16.6. The number of nitrogens with one attached hydrogen (secondary N) is 1. The predicted molar refractivity (Wildman–Crippen MR) is 91.8 cm³/mol. The molecule has 0 aromatic heterocycles. The number of rotatable bonds is 3. The van der Waals surface area contributed by atoms with E-state index < -0.39 is 22.3 Å². The van der Waals surface area contributed by atoms with Gasteiger partial charge >= 0.3 is 5.69 Å². The van der Waals surface area contributed by atoms with Crippen molar-refractivity contribution in [3.8, 4) is 5.75 Å². The fourth-order valence-electron chi connectivity index (χ4n) is 2.58. The molecule has 1 heterocycles. The van der Waals surface area contributed by atoms with Crippen LogP contribution in [0.2, 0.25) is 5.02 Å². The smallest absolute Gasteiger partial charge is 0.310 e. The van der Waals surface area contributed by atoms with Crippen LogP contribution in [0.3, 0.4) is 0 Å². The van der Waals surface area contributed by atoms with Gasteiger partial charge in [-0.05, 0) is 42.3 Å². The van der Waals surface area contributed by atoms with Gasteiger partial charge in [-0.1, -0.05) is 11.6 Å². The molecule has 3 rings (SSSR count). The average Bonchev–Trinajstić information content (AvgIpc) is 2.55. The molecule has 0 saturated heterocycles. The largest absolute Gasteiger partial charge is 0.502 e. The summed E-state index contributed by atoms with van der Waals surface area (Å²) in [5.74, 6) is -0.0660. The average molecular weight is 365 g/mol. The van der Waals surface area contributed by atoms with E-state index in [-0.39, 0.29) is 11.6 Å². The first-order valence-electron chi connectivity index (χ1n) is 7.16. The molecular formula is C16H13ClN2O4S. The van der Waals surface area contributed by atoms with Gasteiger partial charge in [0.1, 0.15) is 0 Å². The van der Waals surface area contributed by atoms with Crippen LogP contribution < -0.4 is 5.32 Å². The van der Waals surface area contributed by atoms with E-state index in [0.29, 0.717) is 5.02 Å². The van der Waals surface area contributed by atoms with Crippen LogP contribution in [0.25, 0.3) is 0 Å². The number of halogens is 1. The Balaban J connectivity index is 1.82. The molecule has 2 aromatic carbocycles. The number of nitro benzene ring substituents is 1. The van der Waals surface area contributed by atoms with E-state index in [1.807, 2.05) is 18.2 Å². The molecule has 0 aliphatic carbocycles. The molecule has 2 N–H and O–H groups in total. The molecule has 0 bridgehead atoms. The van der Waals surface area contributed by atoms with Crippen LogP contribution in [0.1, 0.15) is 28.4 Å². The summed E-state index contributed by atoms with van der Waals surface area (Å²) in [6, 6.07) is 8.93. The molecule has 2 aromatic rings. The van der Waals surface area contributed by atoms with Crippen LogP contribution >= 0.6 is 23.4 Å². The number of hydrogen-bond donors (Lipinski definition) is 2. The Labute approximate surface area is 147 Å². The van der Waals surface area contributed by atoms with Gasteiger partial charge < -0.3 is 10.4 Å². The third kappa shape index (κ3) is 3.32. The SMILES string of the molecule is O=C(NC1CCSc2ccc(Cl)cc21)c1ccc([N+](=O)[O-])c(O)c1. The maximum atomic E-state index is 12.4. The minimum atomic E-state index is -0.701. The molecule has 1 amide bonds. The minimum Gasteiger partial charge on any atom is -0.502 e. The van der Waals surface area contributed by atoms with Crippen molar-refractivity contribution in [2.45, 2.75) is 17.4 Å². The van der Waals surface area contributed by atoms with Crippen LogP contribution in [-0.4, -0.2) is 21.7 Å². The number of carbonyl (C=O) groups is 1. The number of carbonyl (C=O) groups excluding carboxylic acids is 1. The summed E-state index contributed by atoms with van der Waals surface area (Å²) in [5.41, 5.74) is 0.691. The number of fused-ring (bicyclic) bond motifs is 1. The second-order valence-electron chi connectivity index (χ2n) is 5.31. The molecule has 8 heteroatoms. The van der Waals surface area contributed by atoms with Crippen molar-refractivity contribution in [2.75, 3.05) is 5.75 Å². The van der Waals surface area contributed by atoms with Gasteiger partial charge in [-0.2, -0.15) is 0 Å². The number of thioether (sulfide) groups is 1. The molecule has 0 spiro atoms. The summed E-state index contributed by atoms with van der Waals surface area (Å²) in [5, 5.41) is 23.9. The van der Waals surface area contributed by atoms with Gasteiger partial charge in [-0.15, -0.1) is 11.8 Å². The Hall–Kier alpha value is -2.25. The zero-order valence-electron chi connectivity index (χ0n) is 12.4. The third-order valence-electron chi connectivity index (χ3n) is 3.75. The van der Waals surface area contributed by atoms with E-state index in [0.717, 1.165) is 34.8 Å². The number of nitro groups is 1. The molecule has 1 atom stereocenters. The molecule has 1 unspecified atom stereocenters. The quantitative estimate of drug-likeness (QED) is 0.636. The zero-order chi connectivity index (χ0) is 17.3. The highest BCUT2D eigenvalue weighted by molar-refractivity contribution is 7.99. The van der Waals surface area contributed by atoms with Crippen molar-refractivity contribution in [2.24, 2.45) is 0 Å². The zero-order valence-corrected chi connectivity index (χ0v) is 13.9. The minimum absolute atomic E-state index is 0.167. The number of phenolic OH excluding ortho intramolecular Hbond substituents is 1. The lowest BCUT2D eigenvalue weighted by Gasteiger charge is -2.26. The van der Waals surface area contributed by atoms with Crippen molar-refractivity contribution >= 4 is 35.0 Å². The number of hydrogen-bond acceptors (Lipinski definition) is 5. The van der Waals surface area contributed by atoms with Crippen LogP contribution in [0, 0.1) is 10.1 Å². The van der Waals surface area contributed by atoms with Crippen molar-refractivity contribution in [3.05, 3.63) is 62.7 Å². The van der Waals surface area contributed by atoms with E-state index in [1.54, 1.807) is 11.8 Å². The third-order valence-corrected chi connectivity index (χ3v) is 5.11. The van der Waals surface area contributed by atoms with Crippen LogP contribution in [0.15, 0.2) is 41.3 Å². The standard InChI is InChI=1S/C16H13ClN2O4S/c17-10-2-4-15-11(8-10)12(5-6-24-15)18-16(21)9-1-3-13(19(22)23)14(20)7-9/h1-4,7-8,12,20H,5-6H2,(H,18,21). The first-order chi connectivity index (χ1) is 11.5. The van der Waals surface area contributed by atoms with E-state index in [2.05, 4.69) is 5.32 Å². The Kier molecular flexibility index (Phi) is 4.64. The molecule has 0 fully saturated rings. The summed E-state index contributed by atoms with van der Waals surface area (Å²) in [7, 11) is 0. The van der Waals surface area contributed by atoms with Gasteiger partial charge in [-0.25, -0.2) is 0 Å². The second kappa shape index (κ2) is 6.70. The van der Waals surface area contributed by atoms with E-state index in [9.17, 15) is 20.0 Å². The van der Waals surface area contributed by atoms with Crippen molar-refractivity contribution in [3.63, 3.8) is 0 Å². The summed E-state index contributed by atoms with van der Waals surface area (Å²) < 4.78 is 0. The molecule has 1 aliphatic rings. The Morgan fingerprint density at radius 3 is 2.83 bits per heavy atom. The molecule has 1 aliphatic heterocycles. The summed E-state index contributed by atoms with van der Waals surface area (Å²) >= 11 is 7.75. The summed E-state index contributed by atoms with van der Waals surface area (Å²) in [6.07, 6.45) is 0.753. The fraction of sp³-hybridized carbons (Fsp3) is 0.188. The van der Waals surface area contributed by atoms with E-state index in [1.165, 1.54) is 6.07 Å². The first-order valence-corrected chi connectivity index (χ1v) is 8.52. The molecule has 124 valence electrons. The molecular weight excluding hydrogens is 352 g/mol. The lowest BCUT2D eigenvalue weighted by molar-refractivity contribution is -0.385. The lowest BCUT2D eigenvalue weighted by atomic mass is 10.0. The summed E-state index contributed by atoms with van der Waals surface area (Å²) in [4.78, 5) is 23.5. The Morgan fingerprint density at radius 1 is 1.33 bits per heavy atom. The van der Waals surface area contributed by atoms with E-state index in [4.69, 9.17) is 11.6 Å². The van der Waals surface area contributed by atoms with Crippen molar-refractivity contribution in [1.29, 1.82) is 0 Å². The normalized spacial score (nSPS) is 16.3. The van der Waals surface area contributed by atoms with Gasteiger partial charge in [0.15, 0.2) is 5.75 Å². The number of nitrogens with zero attached hydrogens (tertiary/aromatic N) is 1. The molecule has 0 radical (unpaired) electrons. The van der Waals surface area contributed by atoms with Crippen LogP contribution in [-0.2, 0) is 0 Å². The fourth-order valence-corrected chi connectivity index (χ4v) is 3.86.